The Balaban J connectivity index is 1.65. The van der Waals surface area contributed by atoms with Crippen molar-refractivity contribution in [2.45, 2.75) is 18.4 Å². The zero-order valence-corrected chi connectivity index (χ0v) is 19.6. The first-order valence-corrected chi connectivity index (χ1v) is 12.2. The molecule has 8 nitrogen and oxygen atoms in total. The van der Waals surface area contributed by atoms with Crippen LogP contribution in [0.3, 0.4) is 0 Å². The number of benzene rings is 3. The summed E-state index contributed by atoms with van der Waals surface area (Å²) in [5.74, 6) is 0.914. The summed E-state index contributed by atoms with van der Waals surface area (Å²) in [6.45, 7) is 2.25. The lowest BCUT2D eigenvalue weighted by atomic mass is 10.1. The number of nitrogen functional groups attached to an aromatic ring is 1. The molecular weight excluding hydrogens is 464 g/mol. The molecule has 9 heteroatoms. The number of rotatable bonds is 6. The summed E-state index contributed by atoms with van der Waals surface area (Å²) in [6.07, 6.45) is 3.07. The zero-order chi connectivity index (χ0) is 24.6. The summed E-state index contributed by atoms with van der Waals surface area (Å²) >= 11 is 0. The highest BCUT2D eigenvalue weighted by Gasteiger charge is 2.22. The Morgan fingerprint density at radius 1 is 1.00 bits per heavy atom. The number of hydrogen-bond acceptors (Lipinski definition) is 6. The molecule has 0 radical (unpaired) electrons. The van der Waals surface area contributed by atoms with Gasteiger partial charge in [-0.3, -0.25) is 9.12 Å². The molecule has 5 rings (SSSR count). The van der Waals surface area contributed by atoms with Gasteiger partial charge in [0.1, 0.15) is 29.4 Å². The first-order valence-electron chi connectivity index (χ1n) is 10.8. The van der Waals surface area contributed by atoms with Gasteiger partial charge in [-0.05, 0) is 47.9 Å². The third kappa shape index (κ3) is 4.46. The molecule has 0 aliphatic rings. The quantitative estimate of drug-likeness (QED) is 0.331. The molecule has 3 N–H and O–H groups in total. The van der Waals surface area contributed by atoms with Crippen molar-refractivity contribution < 1.29 is 17.7 Å². The van der Waals surface area contributed by atoms with Crippen LogP contribution in [0.2, 0.25) is 0 Å². The van der Waals surface area contributed by atoms with Gasteiger partial charge < -0.3 is 10.5 Å². The van der Waals surface area contributed by atoms with E-state index in [1.807, 2.05) is 61.5 Å². The molecule has 0 amide bonds. The summed E-state index contributed by atoms with van der Waals surface area (Å²) in [6, 6.07) is 22.0. The summed E-state index contributed by atoms with van der Waals surface area (Å²) in [5.41, 5.74) is 10.3. The largest absolute Gasteiger partial charge is 0.489 e. The third-order valence-corrected chi connectivity index (χ3v) is 6.56. The van der Waals surface area contributed by atoms with Crippen molar-refractivity contribution in [3.05, 3.63) is 96.4 Å². The second-order valence-corrected chi connectivity index (χ2v) is 9.51. The van der Waals surface area contributed by atoms with Gasteiger partial charge in [-0.1, -0.05) is 48.5 Å². The topological polar surface area (TPSA) is 120 Å². The van der Waals surface area contributed by atoms with E-state index >= 15 is 0 Å². The highest BCUT2D eigenvalue weighted by Crippen LogP contribution is 2.37. The maximum Gasteiger partial charge on any atom is 0.296 e. The minimum absolute atomic E-state index is 0.233. The van der Waals surface area contributed by atoms with Gasteiger partial charge in [-0.15, -0.1) is 0 Å². The third-order valence-electron chi connectivity index (χ3n) is 5.66. The van der Waals surface area contributed by atoms with Gasteiger partial charge in [-0.2, -0.15) is 8.42 Å². The fraction of sp³-hybridized carbons (Fsp3) is 0.0769. The molecule has 3 aromatic carbocycles. The normalized spacial score (nSPS) is 11.6. The van der Waals surface area contributed by atoms with Crippen molar-refractivity contribution in [3.8, 4) is 22.6 Å². The Morgan fingerprint density at radius 2 is 1.80 bits per heavy atom. The van der Waals surface area contributed by atoms with Crippen LogP contribution in [-0.4, -0.2) is 27.5 Å². The van der Waals surface area contributed by atoms with E-state index in [0.29, 0.717) is 29.0 Å². The molecule has 0 spiro atoms. The van der Waals surface area contributed by atoms with Crippen molar-refractivity contribution in [1.29, 1.82) is 0 Å². The molecule has 0 bridgehead atoms. The number of fused-ring (bicyclic) bond motifs is 1. The standard InChI is InChI=1S/C26H22N4O4S/c1-17-10-11-23(35(31,32)33)22(12-17)30-14-21(24-25(27)28-16-29-26(24)30)19-8-5-9-20(13-19)34-15-18-6-3-2-4-7-18/h2-14,16H,15H2,1H3,(H2,27,28,29)(H,31,32,33). The van der Waals surface area contributed by atoms with Crippen molar-refractivity contribution in [2.24, 2.45) is 0 Å². The van der Waals surface area contributed by atoms with Crippen LogP contribution < -0.4 is 10.5 Å². The summed E-state index contributed by atoms with van der Waals surface area (Å²) < 4.78 is 41.7. The van der Waals surface area contributed by atoms with Gasteiger partial charge in [0, 0.05) is 11.8 Å². The van der Waals surface area contributed by atoms with Crippen LogP contribution in [0, 0.1) is 6.92 Å². The number of anilines is 1. The SMILES string of the molecule is Cc1ccc(S(=O)(=O)O)c(-n2cc(-c3cccc(OCc4ccccc4)c3)c3c(N)ncnc32)c1. The number of nitrogens with two attached hydrogens (primary N) is 1. The van der Waals surface area contributed by atoms with Crippen LogP contribution in [0.4, 0.5) is 5.82 Å². The monoisotopic (exact) mass is 486 g/mol. The van der Waals surface area contributed by atoms with Gasteiger partial charge in [0.2, 0.25) is 0 Å². The molecule has 0 saturated heterocycles. The lowest BCUT2D eigenvalue weighted by Crippen LogP contribution is -2.06. The number of ether oxygens (including phenoxy) is 1. The smallest absolute Gasteiger partial charge is 0.296 e. The van der Waals surface area contributed by atoms with Crippen molar-refractivity contribution in [1.82, 2.24) is 14.5 Å². The van der Waals surface area contributed by atoms with Crippen molar-refractivity contribution in [3.63, 3.8) is 0 Å². The second-order valence-electron chi connectivity index (χ2n) is 8.12. The minimum atomic E-state index is -4.49. The van der Waals surface area contributed by atoms with E-state index in [-0.39, 0.29) is 16.4 Å². The molecule has 35 heavy (non-hydrogen) atoms. The molecule has 0 atom stereocenters. The number of aromatic nitrogens is 3. The maximum absolute atomic E-state index is 12.1. The van der Waals surface area contributed by atoms with E-state index in [1.165, 1.54) is 12.4 Å². The molecule has 176 valence electrons. The van der Waals surface area contributed by atoms with Gasteiger partial charge in [0.15, 0.2) is 5.65 Å². The molecule has 5 aromatic rings. The summed E-state index contributed by atoms with van der Waals surface area (Å²) in [4.78, 5) is 8.29. The van der Waals surface area contributed by atoms with Crippen LogP contribution in [0.15, 0.2) is 90.2 Å². The molecule has 0 saturated carbocycles. The highest BCUT2D eigenvalue weighted by atomic mass is 32.2. The van der Waals surface area contributed by atoms with Crippen LogP contribution in [-0.2, 0) is 16.7 Å². The summed E-state index contributed by atoms with van der Waals surface area (Å²) in [5, 5.41) is 0.565. The lowest BCUT2D eigenvalue weighted by Gasteiger charge is -2.10. The molecule has 2 aromatic heterocycles. The Bertz CT molecular complexity index is 1650. The Labute approximate surface area is 202 Å². The predicted octanol–water partition coefficient (Wildman–Crippen LogP) is 4.80. The van der Waals surface area contributed by atoms with Crippen molar-refractivity contribution >= 4 is 27.0 Å². The molecule has 0 fully saturated rings. The first kappa shape index (κ1) is 22.6. The minimum Gasteiger partial charge on any atom is -0.489 e. The van der Waals surface area contributed by atoms with Crippen LogP contribution in [0.1, 0.15) is 11.1 Å². The summed E-state index contributed by atoms with van der Waals surface area (Å²) in [7, 11) is -4.49. The van der Waals surface area contributed by atoms with E-state index in [4.69, 9.17) is 10.5 Å². The van der Waals surface area contributed by atoms with Gasteiger partial charge in [0.25, 0.3) is 10.1 Å². The van der Waals surface area contributed by atoms with Crippen LogP contribution in [0.5, 0.6) is 5.75 Å². The van der Waals surface area contributed by atoms with Gasteiger partial charge in [0.05, 0.1) is 11.1 Å². The molecule has 0 aliphatic heterocycles. The molecule has 0 unspecified atom stereocenters. The lowest BCUT2D eigenvalue weighted by molar-refractivity contribution is 0.306. The Hall–Kier alpha value is -4.21. The van der Waals surface area contributed by atoms with E-state index in [2.05, 4.69) is 9.97 Å². The predicted molar refractivity (Wildman–Crippen MR) is 134 cm³/mol. The number of hydrogen-bond donors (Lipinski definition) is 2. The van der Waals surface area contributed by atoms with E-state index in [0.717, 1.165) is 16.7 Å². The number of nitrogens with zero attached hydrogens (tertiary/aromatic N) is 3. The van der Waals surface area contributed by atoms with Crippen molar-refractivity contribution in [2.75, 3.05) is 5.73 Å². The van der Waals surface area contributed by atoms with E-state index in [9.17, 15) is 13.0 Å². The maximum atomic E-state index is 12.1. The highest BCUT2D eigenvalue weighted by molar-refractivity contribution is 7.86. The van der Waals surface area contributed by atoms with E-state index in [1.54, 1.807) is 22.9 Å². The fourth-order valence-electron chi connectivity index (χ4n) is 4.02. The molecule has 0 aliphatic carbocycles. The van der Waals surface area contributed by atoms with Crippen LogP contribution in [0.25, 0.3) is 27.8 Å². The average Bonchev–Trinajstić information content (AvgIpc) is 3.24. The average molecular weight is 487 g/mol. The second kappa shape index (κ2) is 8.86. The zero-order valence-electron chi connectivity index (χ0n) is 18.8. The first-order chi connectivity index (χ1) is 16.8. The molecule has 2 heterocycles. The fourth-order valence-corrected chi connectivity index (χ4v) is 4.68. The van der Waals surface area contributed by atoms with Crippen LogP contribution >= 0.6 is 0 Å². The molecular formula is C26H22N4O4S. The number of aryl methyl sites for hydroxylation is 1. The Kier molecular flexibility index (Phi) is 5.72. The van der Waals surface area contributed by atoms with Gasteiger partial charge >= 0.3 is 0 Å². The van der Waals surface area contributed by atoms with Gasteiger partial charge in [-0.25, -0.2) is 9.97 Å². The Morgan fingerprint density at radius 3 is 2.57 bits per heavy atom. The van der Waals surface area contributed by atoms with E-state index < -0.39 is 10.1 Å².